The molecule has 41 heavy (non-hydrogen) atoms. The Morgan fingerprint density at radius 1 is 0.732 bits per heavy atom. The molecule has 0 aliphatic carbocycles. The van der Waals surface area contributed by atoms with Gasteiger partial charge in [-0.25, -0.2) is 0 Å². The zero-order valence-corrected chi connectivity index (χ0v) is 28.0. The highest BCUT2D eigenvalue weighted by Gasteiger charge is 2.21. The summed E-state index contributed by atoms with van der Waals surface area (Å²) in [5.41, 5.74) is 8.55. The van der Waals surface area contributed by atoms with Gasteiger partial charge >= 0.3 is 0 Å². The maximum Gasteiger partial charge on any atom is 0.253 e. The van der Waals surface area contributed by atoms with Crippen molar-refractivity contribution < 1.29 is 8.39 Å². The highest BCUT2D eigenvalue weighted by Crippen LogP contribution is 2.48. The summed E-state index contributed by atoms with van der Waals surface area (Å²) in [6, 6.07) is 24.2. The molecule has 0 spiro atoms. The summed E-state index contributed by atoms with van der Waals surface area (Å²) >= 11 is 1.93. The van der Waals surface area contributed by atoms with E-state index >= 15 is 0 Å². The topological polar surface area (TPSA) is 26.3 Å². The fraction of sp³-hybridized carbons (Fsp3) is 0.333. The summed E-state index contributed by atoms with van der Waals surface area (Å²) in [5.74, 6) is 1.08. The second-order valence-corrected chi connectivity index (χ2v) is 14.8. The van der Waals surface area contributed by atoms with E-state index in [2.05, 4.69) is 108 Å². The van der Waals surface area contributed by atoms with Crippen molar-refractivity contribution in [3.63, 3.8) is 0 Å². The molecule has 0 saturated carbocycles. The minimum atomic E-state index is -1.40. The highest BCUT2D eigenvalue weighted by atomic mass is 32.2. The predicted octanol–water partition coefficient (Wildman–Crippen LogP) is 11.4. The minimum Gasteiger partial charge on any atom is -0.415 e. The molecule has 1 heterocycles. The van der Waals surface area contributed by atoms with E-state index in [1.54, 1.807) is 0 Å². The van der Waals surface area contributed by atoms with Crippen LogP contribution < -0.4 is 10.6 Å². The number of thioether (sulfide) groups is 1. The van der Waals surface area contributed by atoms with Crippen molar-refractivity contribution >= 4 is 60.9 Å². The van der Waals surface area contributed by atoms with Crippen LogP contribution in [0.25, 0.3) is 27.2 Å². The molecule has 0 bridgehead atoms. The molecule has 4 aromatic carbocycles. The van der Waals surface area contributed by atoms with Crippen LogP contribution >= 0.6 is 28.4 Å². The van der Waals surface area contributed by atoms with Gasteiger partial charge < -0.3 is 8.39 Å². The molecule has 0 saturated heterocycles. The fourth-order valence-electron chi connectivity index (χ4n) is 5.31. The monoisotopic (exact) mass is 600 g/mol. The van der Waals surface area contributed by atoms with Crippen molar-refractivity contribution in [1.29, 1.82) is 0 Å². The Morgan fingerprint density at radius 2 is 1.37 bits per heavy atom. The average Bonchev–Trinajstić information content (AvgIpc) is 3.16. The van der Waals surface area contributed by atoms with Crippen LogP contribution in [0.2, 0.25) is 0 Å². The van der Waals surface area contributed by atoms with E-state index in [1.807, 2.05) is 11.8 Å². The number of rotatable bonds is 10. The molecule has 5 aromatic rings. The van der Waals surface area contributed by atoms with Crippen LogP contribution in [0.15, 0.2) is 80.0 Å². The third kappa shape index (κ3) is 6.49. The van der Waals surface area contributed by atoms with Crippen molar-refractivity contribution in [2.45, 2.75) is 78.5 Å². The van der Waals surface area contributed by atoms with Crippen molar-refractivity contribution in [3.05, 3.63) is 94.5 Å². The smallest absolute Gasteiger partial charge is 0.253 e. The Morgan fingerprint density at radius 3 is 2.10 bits per heavy atom. The standard InChI is InChI=1S/C36H42O2P2S/c1-7-9-16-28-22-24(3)26(5)33-34-27(6)25(4)23-32(41-21-10-8-2)36(34)38-40(37-35(28)33)31-20-15-14-19-30(31)39-29-17-12-11-13-18-29/h11-15,17-20,22-23,39H,7-10,16,21H2,1-6H3. The summed E-state index contributed by atoms with van der Waals surface area (Å²) in [5, 5.41) is 6.25. The molecule has 0 fully saturated rings. The summed E-state index contributed by atoms with van der Waals surface area (Å²) in [4.78, 5) is 1.24. The molecule has 0 amide bonds. The van der Waals surface area contributed by atoms with Crippen LogP contribution in [0, 0.1) is 27.7 Å². The molecule has 2 unspecified atom stereocenters. The molecule has 1 aromatic heterocycles. The summed E-state index contributed by atoms with van der Waals surface area (Å²) in [6.07, 6.45) is 5.68. The van der Waals surface area contributed by atoms with Crippen LogP contribution in [0.3, 0.4) is 0 Å². The molecule has 2 atom stereocenters. The van der Waals surface area contributed by atoms with Crippen LogP contribution in [0.1, 0.15) is 67.3 Å². The molecule has 5 rings (SSSR count). The summed E-state index contributed by atoms with van der Waals surface area (Å²) in [6.45, 7) is 13.5. The van der Waals surface area contributed by atoms with Crippen molar-refractivity contribution in [2.24, 2.45) is 0 Å². The number of hydrogen-bond donors (Lipinski definition) is 0. The Labute approximate surface area is 252 Å². The number of aryl methyl sites for hydroxylation is 5. The van der Waals surface area contributed by atoms with Crippen molar-refractivity contribution in [1.82, 2.24) is 0 Å². The summed E-state index contributed by atoms with van der Waals surface area (Å²) < 4.78 is 14.4. The lowest BCUT2D eigenvalue weighted by Crippen LogP contribution is -2.04. The van der Waals surface area contributed by atoms with Gasteiger partial charge in [-0.1, -0.05) is 89.9 Å². The first-order chi connectivity index (χ1) is 19.9. The van der Waals surface area contributed by atoms with Gasteiger partial charge in [0.15, 0.2) is 5.58 Å². The van der Waals surface area contributed by atoms with E-state index in [9.17, 15) is 0 Å². The molecule has 0 N–H and O–H groups in total. The fourth-order valence-corrected chi connectivity index (χ4v) is 9.50. The van der Waals surface area contributed by atoms with E-state index in [4.69, 9.17) is 8.39 Å². The van der Waals surface area contributed by atoms with E-state index in [-0.39, 0.29) is 0 Å². The van der Waals surface area contributed by atoms with E-state index < -0.39 is 8.01 Å². The third-order valence-electron chi connectivity index (χ3n) is 7.95. The van der Waals surface area contributed by atoms with Gasteiger partial charge in [0, 0.05) is 10.8 Å². The first-order valence-corrected chi connectivity index (χ1v) is 18.1. The van der Waals surface area contributed by atoms with Crippen molar-refractivity contribution in [2.75, 3.05) is 5.75 Å². The van der Waals surface area contributed by atoms with Gasteiger partial charge in [-0.15, -0.1) is 11.8 Å². The molecular formula is C36H42O2P2S. The molecule has 5 heteroatoms. The Bertz CT molecular complexity index is 1710. The molecule has 214 valence electrons. The quantitative estimate of drug-likeness (QED) is 0.0906. The van der Waals surface area contributed by atoms with E-state index in [0.29, 0.717) is 8.58 Å². The first-order valence-electron chi connectivity index (χ1n) is 14.9. The van der Waals surface area contributed by atoms with E-state index in [0.717, 1.165) is 36.2 Å². The second kappa shape index (κ2) is 13.7. The van der Waals surface area contributed by atoms with Crippen LogP contribution in [0.5, 0.6) is 0 Å². The van der Waals surface area contributed by atoms with Gasteiger partial charge in [-0.2, -0.15) is 0 Å². The van der Waals surface area contributed by atoms with E-state index in [1.165, 1.54) is 72.2 Å². The largest absolute Gasteiger partial charge is 0.415 e. The number of unbranched alkanes of at least 4 members (excludes halogenated alkanes) is 2. The zero-order chi connectivity index (χ0) is 28.9. The lowest BCUT2D eigenvalue weighted by Gasteiger charge is -2.13. The number of hydrogen-bond acceptors (Lipinski definition) is 3. The van der Waals surface area contributed by atoms with Crippen molar-refractivity contribution in [3.8, 4) is 5.30 Å². The summed E-state index contributed by atoms with van der Waals surface area (Å²) in [7, 11) is -0.859. The van der Waals surface area contributed by atoms with Gasteiger partial charge in [0.1, 0.15) is 5.58 Å². The molecule has 0 aliphatic rings. The first kappa shape index (κ1) is 30.0. The zero-order valence-electron chi connectivity index (χ0n) is 25.3. The SMILES string of the molecule is CCCCSc1cc(C)c(C)c2c1op(-c1ccccc1Pc1ccccc1)oc1c(CCCC)cc(C)c(C)c12. The maximum absolute atomic E-state index is 7.18. The molecule has 0 aliphatic heterocycles. The maximum atomic E-state index is 7.18. The molecule has 2 nitrogen and oxygen atoms in total. The lowest BCUT2D eigenvalue weighted by molar-refractivity contribution is 0.641. The van der Waals surface area contributed by atoms with Gasteiger partial charge in [0.25, 0.3) is 8.01 Å². The van der Waals surface area contributed by atoms with Gasteiger partial charge in [0.2, 0.25) is 0 Å². The predicted molar refractivity (Wildman–Crippen MR) is 185 cm³/mol. The van der Waals surface area contributed by atoms with Gasteiger partial charge in [0.05, 0.1) is 10.2 Å². The highest BCUT2D eigenvalue weighted by molar-refractivity contribution is 7.99. The Hall–Kier alpha value is -2.44. The normalized spacial score (nSPS) is 12.2. The van der Waals surface area contributed by atoms with Gasteiger partial charge in [-0.05, 0) is 103 Å². The third-order valence-corrected chi connectivity index (χ3v) is 12.1. The average molecular weight is 601 g/mol. The Balaban J connectivity index is 1.90. The number of fused-ring (bicyclic) bond motifs is 3. The minimum absolute atomic E-state index is 0.541. The second-order valence-electron chi connectivity index (χ2n) is 11.0. The molecular weight excluding hydrogens is 558 g/mol. The number of benzene rings is 4. The van der Waals surface area contributed by atoms with Crippen LogP contribution in [-0.2, 0) is 6.42 Å². The van der Waals surface area contributed by atoms with Crippen LogP contribution in [0.4, 0.5) is 0 Å². The molecule has 0 radical (unpaired) electrons. The Kier molecular flexibility index (Phi) is 10.0. The van der Waals surface area contributed by atoms with Crippen LogP contribution in [-0.4, -0.2) is 5.75 Å². The lowest BCUT2D eigenvalue weighted by atomic mass is 9.93. The van der Waals surface area contributed by atoms with Gasteiger partial charge in [-0.3, -0.25) is 0 Å².